The molecule has 160 valence electrons. The molecule has 6 nitrogen and oxygen atoms in total. The van der Waals surface area contributed by atoms with Crippen LogP contribution in [-0.2, 0) is 21.2 Å². The minimum atomic E-state index is -3.75. The molecule has 1 atom stereocenters. The Labute approximate surface area is 186 Å². The largest absolute Gasteiger partial charge is 0.484 e. The molecule has 0 aromatic heterocycles. The van der Waals surface area contributed by atoms with E-state index >= 15 is 0 Å². The molecular formula is C23H21ClN2O4S. The van der Waals surface area contributed by atoms with E-state index in [-0.39, 0.29) is 23.5 Å². The lowest BCUT2D eigenvalue weighted by atomic mass is 10.1. The van der Waals surface area contributed by atoms with Gasteiger partial charge in [0.2, 0.25) is 0 Å². The summed E-state index contributed by atoms with van der Waals surface area (Å²) in [5.41, 5.74) is 2.47. The average molecular weight is 457 g/mol. The first kappa shape index (κ1) is 21.2. The van der Waals surface area contributed by atoms with E-state index in [9.17, 15) is 13.2 Å². The van der Waals surface area contributed by atoms with Crippen molar-refractivity contribution >= 4 is 38.9 Å². The van der Waals surface area contributed by atoms with Gasteiger partial charge in [0.25, 0.3) is 15.9 Å². The van der Waals surface area contributed by atoms with Crippen molar-refractivity contribution in [1.82, 2.24) is 0 Å². The number of hydrogen-bond donors (Lipinski definition) is 1. The van der Waals surface area contributed by atoms with Crippen molar-refractivity contribution in [3.05, 3.63) is 83.4 Å². The molecule has 0 aliphatic carbocycles. The van der Waals surface area contributed by atoms with Crippen LogP contribution in [-0.4, -0.2) is 27.0 Å². The molecule has 1 N–H and O–H groups in total. The zero-order valence-electron chi connectivity index (χ0n) is 16.8. The molecule has 0 saturated heterocycles. The maximum Gasteiger partial charge on any atom is 0.265 e. The number of ether oxygens (including phenoxy) is 1. The number of carbonyl (C=O) groups excluding carboxylic acids is 1. The van der Waals surface area contributed by atoms with Gasteiger partial charge in [-0.15, -0.1) is 0 Å². The highest BCUT2D eigenvalue weighted by atomic mass is 35.5. The van der Waals surface area contributed by atoms with Crippen molar-refractivity contribution in [1.29, 1.82) is 0 Å². The molecule has 0 radical (unpaired) electrons. The number of hydrogen-bond acceptors (Lipinski definition) is 4. The number of rotatable bonds is 6. The molecule has 1 aliphatic rings. The second-order valence-corrected chi connectivity index (χ2v) is 9.44. The second kappa shape index (κ2) is 8.61. The topological polar surface area (TPSA) is 75.7 Å². The Balaban J connectivity index is 1.40. The Kier molecular flexibility index (Phi) is 5.89. The van der Waals surface area contributed by atoms with E-state index in [4.69, 9.17) is 16.3 Å². The molecule has 0 bridgehead atoms. The minimum Gasteiger partial charge on any atom is -0.484 e. The van der Waals surface area contributed by atoms with Crippen LogP contribution < -0.4 is 14.4 Å². The van der Waals surface area contributed by atoms with Crippen molar-refractivity contribution in [2.45, 2.75) is 24.3 Å². The number of para-hydroxylation sites is 1. The first-order valence-corrected chi connectivity index (χ1v) is 11.6. The number of sulfonamides is 1. The van der Waals surface area contributed by atoms with E-state index in [1.54, 1.807) is 29.2 Å². The van der Waals surface area contributed by atoms with Gasteiger partial charge in [-0.1, -0.05) is 29.8 Å². The summed E-state index contributed by atoms with van der Waals surface area (Å²) in [6.45, 7) is 1.87. The first-order valence-electron chi connectivity index (χ1n) is 9.75. The Morgan fingerprint density at radius 2 is 1.74 bits per heavy atom. The highest BCUT2D eigenvalue weighted by Gasteiger charge is 2.30. The Morgan fingerprint density at radius 3 is 2.45 bits per heavy atom. The molecule has 3 aromatic carbocycles. The van der Waals surface area contributed by atoms with Gasteiger partial charge < -0.3 is 9.64 Å². The third-order valence-electron chi connectivity index (χ3n) is 5.07. The van der Waals surface area contributed by atoms with Crippen LogP contribution in [0.5, 0.6) is 5.75 Å². The second-order valence-electron chi connectivity index (χ2n) is 7.32. The highest BCUT2D eigenvalue weighted by molar-refractivity contribution is 7.92. The van der Waals surface area contributed by atoms with E-state index < -0.39 is 10.0 Å². The van der Waals surface area contributed by atoms with Gasteiger partial charge in [0.1, 0.15) is 5.75 Å². The van der Waals surface area contributed by atoms with E-state index in [0.29, 0.717) is 16.5 Å². The molecule has 4 rings (SSSR count). The highest BCUT2D eigenvalue weighted by Crippen LogP contribution is 2.32. The zero-order chi connectivity index (χ0) is 22.0. The number of nitrogens with zero attached hydrogens (tertiary/aromatic N) is 1. The zero-order valence-corrected chi connectivity index (χ0v) is 18.4. The maximum absolute atomic E-state index is 12.7. The molecule has 0 spiro atoms. The van der Waals surface area contributed by atoms with Crippen LogP contribution in [0.3, 0.4) is 0 Å². The van der Waals surface area contributed by atoms with Crippen LogP contribution in [0.1, 0.15) is 12.5 Å². The fourth-order valence-electron chi connectivity index (χ4n) is 3.61. The summed E-state index contributed by atoms with van der Waals surface area (Å²) in [5, 5.41) is 0.519. The number of nitrogens with one attached hydrogen (secondary N) is 1. The fraction of sp³-hybridized carbons (Fsp3) is 0.174. The van der Waals surface area contributed by atoms with Crippen LogP contribution in [0.4, 0.5) is 11.4 Å². The van der Waals surface area contributed by atoms with E-state index in [1.165, 1.54) is 24.3 Å². The summed E-state index contributed by atoms with van der Waals surface area (Å²) in [5.74, 6) is 0.275. The third kappa shape index (κ3) is 4.68. The van der Waals surface area contributed by atoms with Gasteiger partial charge >= 0.3 is 0 Å². The molecule has 0 fully saturated rings. The van der Waals surface area contributed by atoms with Crippen LogP contribution in [0.25, 0.3) is 0 Å². The van der Waals surface area contributed by atoms with Gasteiger partial charge in [0.05, 0.1) is 4.90 Å². The number of benzene rings is 3. The smallest absolute Gasteiger partial charge is 0.265 e. The normalized spacial score (nSPS) is 15.4. The van der Waals surface area contributed by atoms with E-state index in [2.05, 4.69) is 4.72 Å². The molecule has 1 amide bonds. The summed E-state index contributed by atoms with van der Waals surface area (Å²) in [4.78, 5) is 14.6. The molecular weight excluding hydrogens is 436 g/mol. The molecule has 31 heavy (non-hydrogen) atoms. The molecule has 1 heterocycles. The predicted octanol–water partition coefficient (Wildman–Crippen LogP) is 4.50. The van der Waals surface area contributed by atoms with Crippen molar-refractivity contribution < 1.29 is 17.9 Å². The number of fused-ring (bicyclic) bond motifs is 1. The van der Waals surface area contributed by atoms with E-state index in [0.717, 1.165) is 17.7 Å². The van der Waals surface area contributed by atoms with Crippen LogP contribution >= 0.6 is 11.6 Å². The van der Waals surface area contributed by atoms with Crippen LogP contribution in [0.2, 0.25) is 5.02 Å². The standard InChI is InChI=1S/C23H21ClN2O4S/c1-16-14-17-4-2-3-5-22(17)26(16)23(27)15-30-20-10-12-21(13-11-20)31(28,29)25-19-8-6-18(24)7-9-19/h2-13,16,25H,14-15H2,1H3/t16-/m0/s1. The summed E-state index contributed by atoms with van der Waals surface area (Å²) in [6, 6.07) is 20.2. The number of anilines is 2. The molecule has 3 aromatic rings. The average Bonchev–Trinajstić information content (AvgIpc) is 3.09. The summed E-state index contributed by atoms with van der Waals surface area (Å²) in [6.07, 6.45) is 0.815. The lowest BCUT2D eigenvalue weighted by Crippen LogP contribution is -2.39. The van der Waals surface area contributed by atoms with Crippen LogP contribution in [0.15, 0.2) is 77.7 Å². The number of amides is 1. The summed E-state index contributed by atoms with van der Waals surface area (Å²) >= 11 is 5.83. The van der Waals surface area contributed by atoms with Gasteiger partial charge in [0.15, 0.2) is 6.61 Å². The number of carbonyl (C=O) groups is 1. The van der Waals surface area contributed by atoms with E-state index in [1.807, 2.05) is 31.2 Å². The maximum atomic E-state index is 12.7. The molecule has 8 heteroatoms. The van der Waals surface area contributed by atoms with Gasteiger partial charge in [-0.25, -0.2) is 8.42 Å². The molecule has 1 aliphatic heterocycles. The molecule has 0 unspecified atom stereocenters. The molecule has 0 saturated carbocycles. The lowest BCUT2D eigenvalue weighted by molar-refractivity contribution is -0.120. The van der Waals surface area contributed by atoms with Crippen LogP contribution in [0, 0.1) is 0 Å². The fourth-order valence-corrected chi connectivity index (χ4v) is 4.79. The Hall–Kier alpha value is -3.03. The monoisotopic (exact) mass is 456 g/mol. The minimum absolute atomic E-state index is 0.0694. The summed E-state index contributed by atoms with van der Waals surface area (Å²) in [7, 11) is -3.75. The summed E-state index contributed by atoms with van der Waals surface area (Å²) < 4.78 is 33.2. The number of halogens is 1. The van der Waals surface area contributed by atoms with Gasteiger partial charge in [0, 0.05) is 22.4 Å². The van der Waals surface area contributed by atoms with Crippen molar-refractivity contribution in [3.8, 4) is 5.75 Å². The van der Waals surface area contributed by atoms with Crippen molar-refractivity contribution in [2.75, 3.05) is 16.2 Å². The van der Waals surface area contributed by atoms with Gasteiger partial charge in [-0.3, -0.25) is 9.52 Å². The first-order chi connectivity index (χ1) is 14.8. The van der Waals surface area contributed by atoms with Crippen molar-refractivity contribution in [2.24, 2.45) is 0 Å². The van der Waals surface area contributed by atoms with Crippen molar-refractivity contribution in [3.63, 3.8) is 0 Å². The SMILES string of the molecule is C[C@H]1Cc2ccccc2N1C(=O)COc1ccc(S(=O)(=O)Nc2ccc(Cl)cc2)cc1. The Bertz CT molecular complexity index is 1200. The quantitative estimate of drug-likeness (QED) is 0.592. The van der Waals surface area contributed by atoms with Gasteiger partial charge in [-0.2, -0.15) is 0 Å². The predicted molar refractivity (Wildman–Crippen MR) is 121 cm³/mol. The lowest BCUT2D eigenvalue weighted by Gasteiger charge is -2.22. The Morgan fingerprint density at radius 1 is 1.06 bits per heavy atom. The third-order valence-corrected chi connectivity index (χ3v) is 6.72. The van der Waals surface area contributed by atoms with Gasteiger partial charge in [-0.05, 0) is 73.5 Å².